The molecule has 6 aromatic rings. The average molecular weight is 666 g/mol. The van der Waals surface area contributed by atoms with Crippen LogP contribution in [0, 0.1) is 29.4 Å². The van der Waals surface area contributed by atoms with E-state index in [2.05, 4.69) is 37.1 Å². The third-order valence-corrected chi connectivity index (χ3v) is 8.07. The molecule has 5 heterocycles. The monoisotopic (exact) mass is 665 g/mol. The quantitative estimate of drug-likeness (QED) is 0.166. The van der Waals surface area contributed by atoms with Gasteiger partial charge in [-0.25, -0.2) is 33.2 Å². The highest BCUT2D eigenvalue weighted by molar-refractivity contribution is 5.92. The van der Waals surface area contributed by atoms with Crippen LogP contribution in [0.25, 0.3) is 22.3 Å². The molecule has 11 nitrogen and oxygen atoms in total. The molecule has 14 heteroatoms. The molecule has 0 spiro atoms. The van der Waals surface area contributed by atoms with E-state index in [9.17, 15) is 14.3 Å². The molecule has 0 amide bonds. The number of hydrogen-bond acceptors (Lipinski definition) is 8. The van der Waals surface area contributed by atoms with Crippen LogP contribution in [-0.4, -0.2) is 58.3 Å². The van der Waals surface area contributed by atoms with Crippen LogP contribution in [-0.2, 0) is 31.4 Å². The van der Waals surface area contributed by atoms with E-state index in [0.29, 0.717) is 35.7 Å². The maximum absolute atomic E-state index is 15.6. The topological polar surface area (TPSA) is 130 Å². The van der Waals surface area contributed by atoms with Gasteiger partial charge in [-0.05, 0) is 72.4 Å². The summed E-state index contributed by atoms with van der Waals surface area (Å²) in [6.45, 7) is 0.805. The van der Waals surface area contributed by atoms with Gasteiger partial charge in [0.2, 0.25) is 11.8 Å². The Hall–Kier alpha value is -6.07. The Bertz CT molecular complexity index is 2290. The zero-order valence-electron chi connectivity index (χ0n) is 25.9. The van der Waals surface area contributed by atoms with Crippen molar-refractivity contribution < 1.29 is 32.5 Å². The Balaban J connectivity index is 1.09. The third-order valence-electron chi connectivity index (χ3n) is 8.07. The second-order valence-corrected chi connectivity index (χ2v) is 11.3. The number of carboxylic acid groups (broad SMARTS) is 1. The summed E-state index contributed by atoms with van der Waals surface area (Å²) in [5.74, 6) is 2.85. The molecule has 1 aliphatic heterocycles. The Morgan fingerprint density at radius 2 is 1.88 bits per heavy atom. The summed E-state index contributed by atoms with van der Waals surface area (Å²) in [6, 6.07) is 14.4. The van der Waals surface area contributed by atoms with Crippen molar-refractivity contribution in [1.82, 2.24) is 34.5 Å². The molecule has 1 saturated heterocycles. The van der Waals surface area contributed by atoms with Crippen molar-refractivity contribution >= 4 is 17.0 Å². The van der Waals surface area contributed by atoms with Crippen molar-refractivity contribution in [1.29, 1.82) is 0 Å². The summed E-state index contributed by atoms with van der Waals surface area (Å²) >= 11 is 0. The first-order chi connectivity index (χ1) is 23.7. The van der Waals surface area contributed by atoms with E-state index in [-0.39, 0.29) is 58.7 Å². The maximum Gasteiger partial charge on any atom is 0.335 e. The number of fused-ring (bicyclic) bond motifs is 1. The highest BCUT2D eigenvalue weighted by Gasteiger charge is 2.24. The zero-order valence-corrected chi connectivity index (χ0v) is 25.9. The first-order valence-electron chi connectivity index (χ1n) is 15.2. The van der Waals surface area contributed by atoms with Gasteiger partial charge in [0.1, 0.15) is 35.5 Å². The number of nitrogens with zero attached hydrogens (tertiary/aromatic N) is 7. The van der Waals surface area contributed by atoms with Gasteiger partial charge in [-0.15, -0.1) is 5.10 Å². The van der Waals surface area contributed by atoms with Crippen molar-refractivity contribution in [2.24, 2.45) is 7.05 Å². The van der Waals surface area contributed by atoms with Crippen molar-refractivity contribution in [3.63, 3.8) is 0 Å². The minimum Gasteiger partial charge on any atom is -0.478 e. The predicted octanol–water partition coefficient (Wildman–Crippen LogP) is 5.10. The lowest BCUT2D eigenvalue weighted by Crippen LogP contribution is -2.31. The number of halogens is 3. The van der Waals surface area contributed by atoms with Gasteiger partial charge in [0.25, 0.3) is 0 Å². The molecule has 0 radical (unpaired) electrons. The lowest BCUT2D eigenvalue weighted by Gasteiger charge is -2.27. The fourth-order valence-electron chi connectivity index (χ4n) is 5.33. The molecule has 4 aromatic heterocycles. The van der Waals surface area contributed by atoms with Crippen LogP contribution in [0.5, 0.6) is 5.88 Å². The number of imidazole rings is 1. The molecular weight excluding hydrogens is 639 g/mol. The number of pyridine rings is 2. The fraction of sp³-hybridized carbons (Fsp3) is 0.200. The van der Waals surface area contributed by atoms with Crippen LogP contribution >= 0.6 is 0 Å². The van der Waals surface area contributed by atoms with E-state index in [1.807, 2.05) is 0 Å². The lowest BCUT2D eigenvalue weighted by molar-refractivity contribution is -0.0589. The Morgan fingerprint density at radius 1 is 1.02 bits per heavy atom. The van der Waals surface area contributed by atoms with Gasteiger partial charge < -0.3 is 19.1 Å². The molecule has 1 aliphatic rings. The first-order valence-corrected chi connectivity index (χ1v) is 15.2. The van der Waals surface area contributed by atoms with Crippen molar-refractivity contribution in [3.8, 4) is 29.0 Å². The number of aromatic carboxylic acids is 1. The first kappa shape index (κ1) is 31.5. The van der Waals surface area contributed by atoms with Crippen LogP contribution in [0.1, 0.15) is 45.1 Å². The standard InChI is InChI=1S/C35H26F3N7O4/c1-44-24(17-39-43-44)9-8-23-7-5-21(34(38)40-23)19-49-33-4-2-3-29(42-33)26-16-27(36)22(13-28(26)37)15-32-41-30-10-6-20(35(46)47)14-31(30)45(32)18-25-11-12-48-25/h2-7,10,13-14,16-17,25H,11-12,15,18-19H2,1H3,(H,46,47)/t25-/m0/s1. The van der Waals surface area contributed by atoms with E-state index in [1.54, 1.807) is 29.8 Å². The normalized spacial score (nSPS) is 13.9. The number of aromatic nitrogens is 7. The summed E-state index contributed by atoms with van der Waals surface area (Å²) in [4.78, 5) is 24.4. The van der Waals surface area contributed by atoms with Gasteiger partial charge in [-0.3, -0.25) is 0 Å². The molecule has 49 heavy (non-hydrogen) atoms. The zero-order chi connectivity index (χ0) is 34.1. The summed E-state index contributed by atoms with van der Waals surface area (Å²) in [5, 5.41) is 17.0. The smallest absolute Gasteiger partial charge is 0.335 e. The van der Waals surface area contributed by atoms with Gasteiger partial charge in [0.15, 0.2) is 0 Å². The molecule has 0 aliphatic carbocycles. The molecular formula is C35H26F3N7O4. The van der Waals surface area contributed by atoms with Gasteiger partial charge in [0, 0.05) is 37.3 Å². The molecule has 1 fully saturated rings. The van der Waals surface area contributed by atoms with Crippen LogP contribution in [0.3, 0.4) is 0 Å². The van der Waals surface area contributed by atoms with Crippen LogP contribution < -0.4 is 4.74 Å². The number of hydrogen-bond donors (Lipinski definition) is 1. The van der Waals surface area contributed by atoms with E-state index in [4.69, 9.17) is 9.47 Å². The largest absolute Gasteiger partial charge is 0.478 e. The second-order valence-electron chi connectivity index (χ2n) is 11.3. The van der Waals surface area contributed by atoms with Crippen molar-refractivity contribution in [3.05, 3.63) is 118 Å². The van der Waals surface area contributed by atoms with Gasteiger partial charge in [-0.1, -0.05) is 11.3 Å². The maximum atomic E-state index is 15.6. The molecule has 246 valence electrons. The second kappa shape index (κ2) is 13.2. The SMILES string of the molecule is Cn1nncc1C#Cc1ccc(COc2cccc(-c3cc(F)c(Cc4nc5ccc(C(=O)O)cc5n4C[C@@H]4CCO4)cc3F)n2)c(F)n1. The number of carboxylic acids is 1. The summed E-state index contributed by atoms with van der Waals surface area (Å²) < 4.78 is 60.4. The number of ether oxygens (including phenoxy) is 2. The highest BCUT2D eigenvalue weighted by Crippen LogP contribution is 2.29. The molecule has 7 rings (SSSR count). The molecule has 0 bridgehead atoms. The Morgan fingerprint density at radius 3 is 2.61 bits per heavy atom. The fourth-order valence-corrected chi connectivity index (χ4v) is 5.33. The summed E-state index contributed by atoms with van der Waals surface area (Å²) in [6.07, 6.45) is 2.17. The molecule has 0 unspecified atom stereocenters. The minimum atomic E-state index is -1.08. The molecule has 1 N–H and O–H groups in total. The molecule has 1 atom stereocenters. The highest BCUT2D eigenvalue weighted by atomic mass is 19.1. The van der Waals surface area contributed by atoms with E-state index in [1.165, 1.54) is 41.2 Å². The average Bonchev–Trinajstić information content (AvgIpc) is 3.64. The lowest BCUT2D eigenvalue weighted by atomic mass is 10.0. The van der Waals surface area contributed by atoms with E-state index in [0.717, 1.165) is 18.6 Å². The predicted molar refractivity (Wildman–Crippen MR) is 169 cm³/mol. The summed E-state index contributed by atoms with van der Waals surface area (Å²) in [7, 11) is 1.68. The number of rotatable bonds is 9. The van der Waals surface area contributed by atoms with Crippen molar-refractivity contribution in [2.45, 2.75) is 32.1 Å². The minimum absolute atomic E-state index is 0.0477. The third kappa shape index (κ3) is 6.69. The van der Waals surface area contributed by atoms with Crippen LogP contribution in [0.15, 0.2) is 66.9 Å². The van der Waals surface area contributed by atoms with Crippen LogP contribution in [0.2, 0.25) is 0 Å². The van der Waals surface area contributed by atoms with Gasteiger partial charge in [-0.2, -0.15) is 4.39 Å². The Labute approximate surface area is 277 Å². The van der Waals surface area contributed by atoms with E-state index < -0.39 is 23.6 Å². The Kier molecular flexibility index (Phi) is 8.50. The van der Waals surface area contributed by atoms with E-state index >= 15 is 8.78 Å². The number of benzene rings is 2. The number of aryl methyl sites for hydroxylation is 1. The van der Waals surface area contributed by atoms with Gasteiger partial charge >= 0.3 is 5.97 Å². The molecule has 0 saturated carbocycles. The number of carbonyl (C=O) groups is 1. The van der Waals surface area contributed by atoms with Gasteiger partial charge in [0.05, 0.1) is 41.1 Å². The van der Waals surface area contributed by atoms with Crippen LogP contribution in [0.4, 0.5) is 13.2 Å². The molecule has 2 aromatic carbocycles. The van der Waals surface area contributed by atoms with Crippen molar-refractivity contribution in [2.75, 3.05) is 6.61 Å². The summed E-state index contributed by atoms with van der Waals surface area (Å²) in [5.41, 5.74) is 2.19.